The van der Waals surface area contributed by atoms with Gasteiger partial charge >= 0.3 is 6.03 Å². The number of amides is 3. The first-order valence-corrected chi connectivity index (χ1v) is 5.35. The lowest BCUT2D eigenvalue weighted by molar-refractivity contribution is 0.0808. The summed E-state index contributed by atoms with van der Waals surface area (Å²) in [5.41, 5.74) is 0.524. The minimum atomic E-state index is -0.348. The molecule has 0 heterocycles. The van der Waals surface area contributed by atoms with Crippen molar-refractivity contribution < 1.29 is 9.59 Å². The van der Waals surface area contributed by atoms with Crippen LogP contribution in [0.25, 0.3) is 0 Å². The summed E-state index contributed by atoms with van der Waals surface area (Å²) in [6, 6.07) is 8.43. The van der Waals surface area contributed by atoms with E-state index < -0.39 is 0 Å². The average molecular weight is 220 g/mol. The molecule has 0 aromatic heterocycles. The molecule has 1 N–H and O–H groups in total. The van der Waals surface area contributed by atoms with Crippen LogP contribution in [0.5, 0.6) is 0 Å². The van der Waals surface area contributed by atoms with E-state index in [2.05, 4.69) is 5.32 Å². The molecule has 0 aliphatic heterocycles. The summed E-state index contributed by atoms with van der Waals surface area (Å²) in [4.78, 5) is 24.7. The molecule has 86 valence electrons. The second-order valence-electron chi connectivity index (χ2n) is 3.25. The zero-order chi connectivity index (χ0) is 12.0. The van der Waals surface area contributed by atoms with Crippen LogP contribution >= 0.6 is 0 Å². The zero-order valence-electron chi connectivity index (χ0n) is 9.56. The summed E-state index contributed by atoms with van der Waals surface area (Å²) in [6.07, 6.45) is 0. The van der Waals surface area contributed by atoms with Crippen LogP contribution < -0.4 is 5.32 Å². The second kappa shape index (κ2) is 5.90. The van der Waals surface area contributed by atoms with Gasteiger partial charge in [0, 0.05) is 18.7 Å². The minimum Gasteiger partial charge on any atom is -0.338 e. The summed E-state index contributed by atoms with van der Waals surface area (Å²) < 4.78 is 0. The van der Waals surface area contributed by atoms with Crippen LogP contribution in [0.1, 0.15) is 24.2 Å². The van der Waals surface area contributed by atoms with Crippen LogP contribution in [0.4, 0.5) is 4.79 Å². The molecule has 1 aromatic rings. The van der Waals surface area contributed by atoms with E-state index in [-0.39, 0.29) is 11.9 Å². The Bertz CT molecular complexity index is 363. The number of carbonyl (C=O) groups excluding carboxylic acids is 2. The molecule has 0 aliphatic carbocycles. The highest BCUT2D eigenvalue weighted by molar-refractivity contribution is 6.04. The summed E-state index contributed by atoms with van der Waals surface area (Å²) in [5, 5.41) is 2.61. The Labute approximate surface area is 95.3 Å². The van der Waals surface area contributed by atoms with Gasteiger partial charge in [-0.15, -0.1) is 0 Å². The van der Waals surface area contributed by atoms with Crippen LogP contribution in [0.3, 0.4) is 0 Å². The summed E-state index contributed by atoms with van der Waals surface area (Å²) in [6.45, 7) is 4.46. The van der Waals surface area contributed by atoms with E-state index in [0.29, 0.717) is 18.7 Å². The summed E-state index contributed by atoms with van der Waals surface area (Å²) >= 11 is 0. The Kier molecular flexibility index (Phi) is 4.51. The fourth-order valence-electron chi connectivity index (χ4n) is 1.36. The summed E-state index contributed by atoms with van der Waals surface area (Å²) in [7, 11) is 0. The van der Waals surface area contributed by atoms with Gasteiger partial charge in [0.05, 0.1) is 0 Å². The van der Waals surface area contributed by atoms with E-state index in [9.17, 15) is 9.59 Å². The molecule has 4 nitrogen and oxygen atoms in total. The van der Waals surface area contributed by atoms with Gasteiger partial charge < -0.3 is 5.32 Å². The number of hydrogen-bond acceptors (Lipinski definition) is 2. The topological polar surface area (TPSA) is 49.4 Å². The molecular weight excluding hydrogens is 204 g/mol. The Morgan fingerprint density at radius 3 is 2.31 bits per heavy atom. The maximum absolute atomic E-state index is 12.0. The van der Waals surface area contributed by atoms with Crippen LogP contribution in [0.15, 0.2) is 30.3 Å². The molecule has 0 bridgehead atoms. The van der Waals surface area contributed by atoms with Gasteiger partial charge in [0.2, 0.25) is 0 Å². The highest BCUT2D eigenvalue weighted by Gasteiger charge is 2.19. The van der Waals surface area contributed by atoms with Gasteiger partial charge in [-0.05, 0) is 26.0 Å². The van der Waals surface area contributed by atoms with Gasteiger partial charge in [-0.2, -0.15) is 0 Å². The maximum Gasteiger partial charge on any atom is 0.324 e. The van der Waals surface area contributed by atoms with E-state index in [1.807, 2.05) is 13.0 Å². The highest BCUT2D eigenvalue weighted by atomic mass is 16.2. The molecule has 0 saturated carbocycles. The van der Waals surface area contributed by atoms with E-state index in [1.54, 1.807) is 31.2 Å². The first-order chi connectivity index (χ1) is 7.70. The van der Waals surface area contributed by atoms with Crippen molar-refractivity contribution in [1.29, 1.82) is 0 Å². The smallest absolute Gasteiger partial charge is 0.324 e. The van der Waals surface area contributed by atoms with Crippen molar-refractivity contribution >= 4 is 11.9 Å². The largest absolute Gasteiger partial charge is 0.338 e. The van der Waals surface area contributed by atoms with Crippen LogP contribution in [0.2, 0.25) is 0 Å². The fraction of sp³-hybridized carbons (Fsp3) is 0.333. The zero-order valence-corrected chi connectivity index (χ0v) is 9.56. The molecule has 0 radical (unpaired) electrons. The Morgan fingerprint density at radius 2 is 1.81 bits per heavy atom. The SMILES string of the molecule is CCNC(=O)N(CC)C(=O)c1ccccc1. The van der Waals surface area contributed by atoms with Crippen LogP contribution in [0, 0.1) is 0 Å². The van der Waals surface area contributed by atoms with E-state index >= 15 is 0 Å². The molecule has 3 amide bonds. The molecule has 0 unspecified atom stereocenters. The van der Waals surface area contributed by atoms with Gasteiger partial charge in [-0.3, -0.25) is 9.69 Å². The molecule has 4 heteroatoms. The minimum absolute atomic E-state index is 0.269. The van der Waals surface area contributed by atoms with Crippen molar-refractivity contribution in [2.24, 2.45) is 0 Å². The van der Waals surface area contributed by atoms with Gasteiger partial charge in [-0.25, -0.2) is 4.79 Å². The van der Waals surface area contributed by atoms with Crippen molar-refractivity contribution in [2.45, 2.75) is 13.8 Å². The molecule has 0 aliphatic rings. The van der Waals surface area contributed by atoms with Crippen molar-refractivity contribution in [2.75, 3.05) is 13.1 Å². The fourth-order valence-corrected chi connectivity index (χ4v) is 1.36. The molecule has 1 aromatic carbocycles. The Hall–Kier alpha value is -1.84. The first kappa shape index (κ1) is 12.2. The third-order valence-corrected chi connectivity index (χ3v) is 2.16. The number of imide groups is 1. The van der Waals surface area contributed by atoms with Crippen molar-refractivity contribution in [1.82, 2.24) is 10.2 Å². The molecule has 0 saturated heterocycles. The highest BCUT2D eigenvalue weighted by Crippen LogP contribution is 2.04. The quantitative estimate of drug-likeness (QED) is 0.845. The van der Waals surface area contributed by atoms with Crippen molar-refractivity contribution in [3.05, 3.63) is 35.9 Å². The Morgan fingerprint density at radius 1 is 1.19 bits per heavy atom. The third kappa shape index (κ3) is 2.82. The summed E-state index contributed by atoms with van der Waals surface area (Å²) in [5.74, 6) is -0.269. The lowest BCUT2D eigenvalue weighted by Gasteiger charge is -2.18. The first-order valence-electron chi connectivity index (χ1n) is 5.35. The van der Waals surface area contributed by atoms with Gasteiger partial charge in [-0.1, -0.05) is 18.2 Å². The monoisotopic (exact) mass is 220 g/mol. The lowest BCUT2D eigenvalue weighted by Crippen LogP contribution is -2.43. The third-order valence-electron chi connectivity index (χ3n) is 2.16. The molecule has 16 heavy (non-hydrogen) atoms. The number of nitrogens with one attached hydrogen (secondary N) is 1. The Balaban J connectivity index is 2.82. The predicted octanol–water partition coefficient (Wildman–Crippen LogP) is 1.88. The average Bonchev–Trinajstić information content (AvgIpc) is 2.31. The number of urea groups is 1. The standard InChI is InChI=1S/C12H16N2O2/c1-3-13-12(16)14(4-2)11(15)10-8-6-5-7-9-10/h5-9H,3-4H2,1-2H3,(H,13,16). The molecule has 0 atom stereocenters. The van der Waals surface area contributed by atoms with Crippen LogP contribution in [-0.2, 0) is 0 Å². The molecular formula is C12H16N2O2. The lowest BCUT2D eigenvalue weighted by atomic mass is 10.2. The van der Waals surface area contributed by atoms with Crippen molar-refractivity contribution in [3.8, 4) is 0 Å². The normalized spacial score (nSPS) is 9.62. The maximum atomic E-state index is 12.0. The number of nitrogens with zero attached hydrogens (tertiary/aromatic N) is 1. The second-order valence-corrected chi connectivity index (χ2v) is 3.25. The molecule has 0 fully saturated rings. The number of hydrogen-bond donors (Lipinski definition) is 1. The van der Waals surface area contributed by atoms with E-state index in [4.69, 9.17) is 0 Å². The van der Waals surface area contributed by atoms with Gasteiger partial charge in [0.25, 0.3) is 5.91 Å². The van der Waals surface area contributed by atoms with E-state index in [0.717, 1.165) is 0 Å². The predicted molar refractivity (Wildman–Crippen MR) is 62.2 cm³/mol. The van der Waals surface area contributed by atoms with Crippen LogP contribution in [-0.4, -0.2) is 29.9 Å². The van der Waals surface area contributed by atoms with Gasteiger partial charge in [0.15, 0.2) is 0 Å². The molecule has 0 spiro atoms. The number of benzene rings is 1. The number of carbonyl (C=O) groups is 2. The molecule has 1 rings (SSSR count). The van der Waals surface area contributed by atoms with E-state index in [1.165, 1.54) is 4.90 Å². The van der Waals surface area contributed by atoms with Crippen molar-refractivity contribution in [3.63, 3.8) is 0 Å². The van der Waals surface area contributed by atoms with Gasteiger partial charge in [0.1, 0.15) is 0 Å². The number of rotatable bonds is 3.